The van der Waals surface area contributed by atoms with Gasteiger partial charge in [-0.3, -0.25) is 4.99 Å². The summed E-state index contributed by atoms with van der Waals surface area (Å²) in [6.07, 6.45) is -2.31. The molecule has 11 heteroatoms. The smallest absolute Gasteiger partial charge is 0.411 e. The van der Waals surface area contributed by atoms with Crippen molar-refractivity contribution in [2.75, 3.05) is 25.1 Å². The van der Waals surface area contributed by atoms with Crippen LogP contribution in [0.15, 0.2) is 40.6 Å². The summed E-state index contributed by atoms with van der Waals surface area (Å²) in [4.78, 5) is 8.42. The van der Waals surface area contributed by atoms with Crippen molar-refractivity contribution in [1.29, 1.82) is 0 Å². The molecule has 0 aliphatic carbocycles. The number of alkyl halides is 3. The number of hydrogen-bond donors (Lipinski definition) is 2. The lowest BCUT2D eigenvalue weighted by atomic mass is 9.98. The summed E-state index contributed by atoms with van der Waals surface area (Å²) in [5.41, 5.74) is 2.33. The molecule has 1 aliphatic rings. The number of benzene rings is 1. The third-order valence-corrected chi connectivity index (χ3v) is 4.54. The quantitative estimate of drug-likeness (QED) is 0.220. The lowest BCUT2D eigenvalue weighted by Gasteiger charge is -2.09. The van der Waals surface area contributed by atoms with Crippen LogP contribution in [0.25, 0.3) is 0 Å². The van der Waals surface area contributed by atoms with Crippen molar-refractivity contribution in [2.24, 2.45) is 10.1 Å². The third kappa shape index (κ3) is 5.67. The van der Waals surface area contributed by atoms with Crippen molar-refractivity contribution in [2.45, 2.75) is 19.0 Å². The Morgan fingerprint density at radius 2 is 2.10 bits per heavy atom. The van der Waals surface area contributed by atoms with E-state index < -0.39 is 18.6 Å². The molecule has 0 saturated carbocycles. The van der Waals surface area contributed by atoms with Crippen LogP contribution in [0.2, 0.25) is 5.02 Å². The number of nitrogens with zero attached hydrogens (tertiary/aromatic N) is 3. The fourth-order valence-electron chi connectivity index (χ4n) is 2.95. The van der Waals surface area contributed by atoms with Gasteiger partial charge in [0.2, 0.25) is 0 Å². The zero-order valence-corrected chi connectivity index (χ0v) is 16.3. The molecular weight excluding hydrogens is 428 g/mol. The summed E-state index contributed by atoms with van der Waals surface area (Å²) >= 11 is 5.81. The van der Waals surface area contributed by atoms with E-state index in [0.29, 0.717) is 34.9 Å². The molecule has 160 valence electrons. The molecule has 1 aromatic heterocycles. The van der Waals surface area contributed by atoms with Crippen LogP contribution in [0.4, 0.5) is 23.4 Å². The van der Waals surface area contributed by atoms with E-state index in [0.717, 1.165) is 5.56 Å². The first-order valence-corrected chi connectivity index (χ1v) is 9.22. The second-order valence-corrected chi connectivity index (χ2v) is 6.86. The number of nitrogens with one attached hydrogen (secondary N) is 1. The molecule has 0 bridgehead atoms. The maximum Gasteiger partial charge on any atom is 0.411 e. The predicted molar refractivity (Wildman–Crippen MR) is 104 cm³/mol. The second-order valence-electron chi connectivity index (χ2n) is 6.46. The van der Waals surface area contributed by atoms with E-state index in [1.807, 2.05) is 0 Å². The van der Waals surface area contributed by atoms with E-state index in [4.69, 9.17) is 11.6 Å². The van der Waals surface area contributed by atoms with Crippen LogP contribution >= 0.6 is 11.6 Å². The summed E-state index contributed by atoms with van der Waals surface area (Å²) < 4.78 is 54.1. The first-order valence-electron chi connectivity index (χ1n) is 8.85. The third-order valence-electron chi connectivity index (χ3n) is 4.25. The number of aliphatic imine (C=N–C) groups is 1. The maximum atomic E-state index is 13.4. The lowest BCUT2D eigenvalue weighted by Crippen LogP contribution is -2.18. The van der Waals surface area contributed by atoms with Gasteiger partial charge in [0.25, 0.3) is 0 Å². The molecule has 2 N–H and O–H groups in total. The molecule has 0 amide bonds. The molecule has 0 unspecified atom stereocenters. The van der Waals surface area contributed by atoms with Gasteiger partial charge in [-0.25, -0.2) is 9.37 Å². The molecule has 0 atom stereocenters. The number of hydrogen-bond acceptors (Lipinski definition) is 5. The van der Waals surface area contributed by atoms with Gasteiger partial charge in [-0.05, 0) is 23.8 Å². The van der Waals surface area contributed by atoms with E-state index in [9.17, 15) is 22.8 Å². The second kappa shape index (κ2) is 9.40. The van der Waals surface area contributed by atoms with Crippen LogP contribution in [-0.2, 0) is 17.6 Å². The number of ether oxygens (including phenoxy) is 1. The van der Waals surface area contributed by atoms with Crippen molar-refractivity contribution >= 4 is 29.0 Å². The van der Waals surface area contributed by atoms with Gasteiger partial charge in [-0.1, -0.05) is 22.8 Å². The van der Waals surface area contributed by atoms with Crippen LogP contribution in [0.1, 0.15) is 16.7 Å². The molecule has 30 heavy (non-hydrogen) atoms. The van der Waals surface area contributed by atoms with Crippen molar-refractivity contribution in [3.05, 3.63) is 58.0 Å². The lowest BCUT2D eigenvalue weighted by molar-refractivity contribution is -0.173. The van der Waals surface area contributed by atoms with Gasteiger partial charge in [0, 0.05) is 30.2 Å². The highest BCUT2D eigenvalue weighted by Gasteiger charge is 2.27. The minimum atomic E-state index is -4.37. The van der Waals surface area contributed by atoms with Crippen LogP contribution < -0.4 is 5.32 Å². The molecule has 0 fully saturated rings. The van der Waals surface area contributed by atoms with E-state index in [1.165, 1.54) is 18.3 Å². The molecule has 2 heterocycles. The summed E-state index contributed by atoms with van der Waals surface area (Å²) in [7, 11) is 0. The molecule has 1 aliphatic heterocycles. The van der Waals surface area contributed by atoms with E-state index in [-0.39, 0.29) is 24.6 Å². The number of anilines is 1. The monoisotopic (exact) mass is 444 g/mol. The zero-order valence-electron chi connectivity index (χ0n) is 15.5. The first-order chi connectivity index (χ1) is 14.3. The summed E-state index contributed by atoms with van der Waals surface area (Å²) in [6, 6.07) is 5.91. The van der Waals surface area contributed by atoms with Gasteiger partial charge >= 0.3 is 6.18 Å². The van der Waals surface area contributed by atoms with Crippen molar-refractivity contribution < 1.29 is 27.5 Å². The number of fused-ring (bicyclic) bond motifs is 1. The minimum absolute atomic E-state index is 0.0337. The number of amidine groups is 1. The van der Waals surface area contributed by atoms with E-state index >= 15 is 0 Å². The Bertz CT molecular complexity index is 979. The number of oxime groups is 1. The van der Waals surface area contributed by atoms with E-state index in [1.54, 1.807) is 12.1 Å². The average molecular weight is 445 g/mol. The molecule has 2 aromatic rings. The number of rotatable bonds is 7. The van der Waals surface area contributed by atoms with Gasteiger partial charge < -0.3 is 15.3 Å². The number of aromatic nitrogens is 1. The molecule has 6 nitrogen and oxygen atoms in total. The standard InChI is InChI=1S/C19H17ClF4N4O2/c20-14-7-11(1-2-15(14)21)8-16(28-29)12-3-4-26-18-13(12)9-17(27-18)25-5-6-30-10-19(22,23)24/h1-4,7,29H,5-6,8-10H2,(H,25,26,27)/b28-16+. The molecular formula is C19H17ClF4N4O2. The van der Waals surface area contributed by atoms with Crippen molar-refractivity contribution in [3.8, 4) is 0 Å². The molecule has 0 radical (unpaired) electrons. The maximum absolute atomic E-state index is 13.4. The predicted octanol–water partition coefficient (Wildman–Crippen LogP) is 4.24. The fraction of sp³-hybridized carbons (Fsp3) is 0.316. The highest BCUT2D eigenvalue weighted by molar-refractivity contribution is 6.30. The largest absolute Gasteiger partial charge is 0.411 e. The Morgan fingerprint density at radius 1 is 1.30 bits per heavy atom. The highest BCUT2D eigenvalue weighted by Crippen LogP contribution is 2.26. The summed E-state index contributed by atoms with van der Waals surface area (Å²) in [5, 5.41) is 15.9. The van der Waals surface area contributed by atoms with Gasteiger partial charge in [0.05, 0.1) is 23.9 Å². The average Bonchev–Trinajstić information content (AvgIpc) is 3.11. The zero-order chi connectivity index (χ0) is 21.7. The molecule has 0 spiro atoms. The van der Waals surface area contributed by atoms with Gasteiger partial charge in [0.15, 0.2) is 0 Å². The first kappa shape index (κ1) is 22.0. The summed E-state index contributed by atoms with van der Waals surface area (Å²) in [6.45, 7) is -1.44. The van der Waals surface area contributed by atoms with Gasteiger partial charge in [0.1, 0.15) is 24.1 Å². The van der Waals surface area contributed by atoms with Crippen LogP contribution in [0, 0.1) is 5.82 Å². The van der Waals surface area contributed by atoms with Crippen molar-refractivity contribution in [3.63, 3.8) is 0 Å². The van der Waals surface area contributed by atoms with Gasteiger partial charge in [-0.15, -0.1) is 0 Å². The highest BCUT2D eigenvalue weighted by atomic mass is 35.5. The Labute approximate surface area is 174 Å². The molecule has 3 rings (SSSR count). The molecule has 0 saturated heterocycles. The summed E-state index contributed by atoms with van der Waals surface area (Å²) in [5.74, 6) is 0.486. The molecule has 1 aromatic carbocycles. The normalized spacial score (nSPS) is 15.4. The minimum Gasteiger partial charge on any atom is -0.411 e. The van der Waals surface area contributed by atoms with Crippen molar-refractivity contribution in [1.82, 2.24) is 4.98 Å². The Kier molecular flexibility index (Phi) is 6.88. The van der Waals surface area contributed by atoms with E-state index in [2.05, 4.69) is 25.2 Å². The Morgan fingerprint density at radius 3 is 2.80 bits per heavy atom. The van der Waals surface area contributed by atoms with Gasteiger partial charge in [-0.2, -0.15) is 13.2 Å². The van der Waals surface area contributed by atoms with Crippen LogP contribution in [0.5, 0.6) is 0 Å². The number of pyridine rings is 1. The SMILES string of the molecule is O/N=C(\Cc1ccc(F)c(Cl)c1)c1ccnc2c1CC(=NCCOCC(F)(F)F)N2. The van der Waals surface area contributed by atoms with Crippen LogP contribution in [0.3, 0.4) is 0 Å². The van der Waals surface area contributed by atoms with Crippen LogP contribution in [-0.4, -0.2) is 47.7 Å². The number of halogens is 5. The fourth-order valence-corrected chi connectivity index (χ4v) is 3.16. The Hall–Kier alpha value is -2.72. The Balaban J connectivity index is 1.69. The topological polar surface area (TPSA) is 79.1 Å².